The van der Waals surface area contributed by atoms with Gasteiger partial charge in [0.05, 0.1) is 32.3 Å². The summed E-state index contributed by atoms with van der Waals surface area (Å²) >= 11 is 0. The molecule has 1 rings (SSSR count). The van der Waals surface area contributed by atoms with E-state index in [4.69, 9.17) is 23.7 Å². The maximum Gasteiger partial charge on any atom is 0.307 e. The lowest BCUT2D eigenvalue weighted by molar-refractivity contribution is -0.145. The molecule has 0 aromatic carbocycles. The number of hydrogen-bond acceptors (Lipinski definition) is 12. The second-order valence-corrected chi connectivity index (χ2v) is 22.4. The third-order valence-electron chi connectivity index (χ3n) is 12.4. The van der Waals surface area contributed by atoms with Crippen molar-refractivity contribution in [3.8, 4) is 0 Å². The topological polar surface area (TPSA) is 113 Å². The summed E-state index contributed by atoms with van der Waals surface area (Å²) in [5.41, 5.74) is 2.73. The molecule has 3 atom stereocenters. The van der Waals surface area contributed by atoms with Gasteiger partial charge in [-0.05, 0) is 130 Å². The zero-order valence-electron chi connectivity index (χ0n) is 44.0. The van der Waals surface area contributed by atoms with Gasteiger partial charge in [0.15, 0.2) is 0 Å². The summed E-state index contributed by atoms with van der Waals surface area (Å²) in [6.07, 6.45) is 31.7. The van der Waals surface area contributed by atoms with Crippen molar-refractivity contribution < 1.29 is 38.1 Å². The normalized spacial score (nSPS) is 14.5. The van der Waals surface area contributed by atoms with E-state index in [1.807, 2.05) is 10.8 Å². The van der Waals surface area contributed by atoms with Gasteiger partial charge < -0.3 is 33.9 Å². The van der Waals surface area contributed by atoms with E-state index in [9.17, 15) is 14.4 Å². The minimum absolute atomic E-state index is 0.0143. The van der Waals surface area contributed by atoms with Crippen molar-refractivity contribution in [2.45, 2.75) is 215 Å². The van der Waals surface area contributed by atoms with Crippen molar-refractivity contribution in [2.75, 3.05) is 83.9 Å². The van der Waals surface area contributed by atoms with Crippen molar-refractivity contribution in [3.63, 3.8) is 0 Å². The third-order valence-corrected chi connectivity index (χ3v) is 14.7. The van der Waals surface area contributed by atoms with E-state index in [-0.39, 0.29) is 24.0 Å². The first-order chi connectivity index (χ1) is 32.5. The first-order valence-electron chi connectivity index (χ1n) is 27.2. The summed E-state index contributed by atoms with van der Waals surface area (Å²) in [5, 5.41) is 3.58. The van der Waals surface area contributed by atoms with Gasteiger partial charge in [0.1, 0.15) is 6.61 Å². The molecule has 1 heterocycles. The van der Waals surface area contributed by atoms with Gasteiger partial charge in [0, 0.05) is 57.2 Å². The highest BCUT2D eigenvalue weighted by atomic mass is 33.1. The maximum absolute atomic E-state index is 12.2. The Morgan fingerprint density at radius 1 is 0.552 bits per heavy atom. The second-order valence-electron chi connectivity index (χ2n) is 19.7. The predicted molar refractivity (Wildman–Crippen MR) is 285 cm³/mol. The van der Waals surface area contributed by atoms with Gasteiger partial charge in [0.2, 0.25) is 0 Å². The number of unbranched alkanes of at least 4 members (excludes halogenated alkanes) is 11. The average Bonchev–Trinajstić information content (AvgIpc) is 3.57. The maximum atomic E-state index is 12.2. The largest absolute Gasteiger partial charge is 0.466 e. The SMILES string of the molecule is CC(C)=CCCC(C)CCOC(=O)CCCCCCCCCOCC(CNCCSSCCOC(=O)CCN1CCCCCC1)OCCCCCCCCC(=O)OCCC(C)CCC=C(C)C. The summed E-state index contributed by atoms with van der Waals surface area (Å²) in [5.74, 6) is 2.74. The molecule has 10 nitrogen and oxygen atoms in total. The van der Waals surface area contributed by atoms with E-state index in [1.165, 1.54) is 49.7 Å². The molecule has 1 saturated heterocycles. The van der Waals surface area contributed by atoms with E-state index < -0.39 is 0 Å². The van der Waals surface area contributed by atoms with Crippen LogP contribution in [0.3, 0.4) is 0 Å². The van der Waals surface area contributed by atoms with Crippen LogP contribution in [-0.4, -0.2) is 113 Å². The number of carbonyl (C=O) groups excluding carboxylic acids is 3. The molecule has 67 heavy (non-hydrogen) atoms. The number of carbonyl (C=O) groups is 3. The fraction of sp³-hybridized carbons (Fsp3) is 0.873. The van der Waals surface area contributed by atoms with Gasteiger partial charge in [-0.15, -0.1) is 0 Å². The van der Waals surface area contributed by atoms with Crippen molar-refractivity contribution in [1.29, 1.82) is 0 Å². The lowest BCUT2D eigenvalue weighted by Gasteiger charge is -2.19. The van der Waals surface area contributed by atoms with E-state index in [0.717, 1.165) is 167 Å². The summed E-state index contributed by atoms with van der Waals surface area (Å²) in [7, 11) is 3.57. The number of esters is 3. The molecule has 1 aliphatic rings. The Kier molecular flexibility index (Phi) is 44.3. The number of ether oxygens (including phenoxy) is 5. The molecule has 0 aromatic heterocycles. The Morgan fingerprint density at radius 2 is 1.03 bits per heavy atom. The molecule has 1 fully saturated rings. The number of allylic oxidation sites excluding steroid dienone is 4. The highest BCUT2D eigenvalue weighted by molar-refractivity contribution is 8.76. The Balaban J connectivity index is 2.21. The number of rotatable bonds is 46. The molecular weight excluding hydrogens is 881 g/mol. The molecule has 0 saturated carbocycles. The van der Waals surface area contributed by atoms with Gasteiger partial charge in [-0.3, -0.25) is 14.4 Å². The van der Waals surface area contributed by atoms with Gasteiger partial charge >= 0.3 is 17.9 Å². The minimum atomic E-state index is -0.0781. The Hall–Kier alpha value is -1.57. The third kappa shape index (κ3) is 45.3. The van der Waals surface area contributed by atoms with Crippen LogP contribution < -0.4 is 5.32 Å². The highest BCUT2D eigenvalue weighted by Gasteiger charge is 2.13. The molecule has 1 N–H and O–H groups in total. The van der Waals surface area contributed by atoms with Crippen LogP contribution in [0.25, 0.3) is 0 Å². The van der Waals surface area contributed by atoms with Gasteiger partial charge in [-0.1, -0.05) is 129 Å². The van der Waals surface area contributed by atoms with Crippen LogP contribution in [0.1, 0.15) is 208 Å². The van der Waals surface area contributed by atoms with Gasteiger partial charge in [-0.2, -0.15) is 0 Å². The second kappa shape index (κ2) is 46.8. The fourth-order valence-corrected chi connectivity index (χ4v) is 9.70. The fourth-order valence-electron chi connectivity index (χ4n) is 7.93. The number of hydrogen-bond donors (Lipinski definition) is 1. The van der Waals surface area contributed by atoms with Crippen molar-refractivity contribution >= 4 is 39.5 Å². The number of likely N-dealkylation sites (tertiary alicyclic amines) is 1. The molecular formula is C55H102N2O8S2. The standard InChI is InChI=1S/C55H102N2O8S2/c1-48(2)26-24-28-50(5)33-41-63-53(58)30-18-12-8-7-10-16-22-39-61-47-52(46-56-35-44-66-67-45-43-65-55(60)32-38-57-36-20-14-15-21-37-57)62-40-23-17-11-9-13-19-31-54(59)64-42-34-51(6)29-25-27-49(3)4/h26-27,50-52,56H,7-25,28-47H2,1-6H3. The molecule has 12 heteroatoms. The lowest BCUT2D eigenvalue weighted by Crippen LogP contribution is -2.34. The van der Waals surface area contributed by atoms with Gasteiger partial charge in [0.25, 0.3) is 0 Å². The van der Waals surface area contributed by atoms with Crippen LogP contribution in [0.5, 0.6) is 0 Å². The molecule has 0 bridgehead atoms. The Labute approximate surface area is 419 Å². The highest BCUT2D eigenvalue weighted by Crippen LogP contribution is 2.20. The van der Waals surface area contributed by atoms with Crippen LogP contribution in [-0.2, 0) is 38.1 Å². The molecule has 3 unspecified atom stereocenters. The molecule has 1 aliphatic heterocycles. The van der Waals surface area contributed by atoms with Crippen LogP contribution in [0.2, 0.25) is 0 Å². The molecule has 0 amide bonds. The van der Waals surface area contributed by atoms with Crippen LogP contribution in [0.15, 0.2) is 23.3 Å². The zero-order valence-corrected chi connectivity index (χ0v) is 45.6. The summed E-state index contributed by atoms with van der Waals surface area (Å²) < 4.78 is 28.9. The molecule has 392 valence electrons. The average molecular weight is 984 g/mol. The molecule has 0 aliphatic carbocycles. The van der Waals surface area contributed by atoms with Crippen molar-refractivity contribution in [3.05, 3.63) is 23.3 Å². The minimum Gasteiger partial charge on any atom is -0.466 e. The first-order valence-corrected chi connectivity index (χ1v) is 29.6. The van der Waals surface area contributed by atoms with Gasteiger partial charge in [-0.25, -0.2) is 0 Å². The number of nitrogens with zero attached hydrogens (tertiary/aromatic N) is 1. The summed E-state index contributed by atoms with van der Waals surface area (Å²) in [6.45, 7) is 21.3. The van der Waals surface area contributed by atoms with Crippen LogP contribution in [0.4, 0.5) is 0 Å². The van der Waals surface area contributed by atoms with Crippen molar-refractivity contribution in [1.82, 2.24) is 10.2 Å². The molecule has 0 aromatic rings. The molecule has 0 radical (unpaired) electrons. The smallest absolute Gasteiger partial charge is 0.307 e. The Bertz CT molecular complexity index is 1240. The van der Waals surface area contributed by atoms with Crippen LogP contribution >= 0.6 is 21.6 Å². The zero-order chi connectivity index (χ0) is 48.8. The van der Waals surface area contributed by atoms with E-state index >= 15 is 0 Å². The van der Waals surface area contributed by atoms with E-state index in [2.05, 4.69) is 63.9 Å². The first kappa shape index (κ1) is 63.4. The van der Waals surface area contributed by atoms with Crippen molar-refractivity contribution in [2.24, 2.45) is 11.8 Å². The van der Waals surface area contributed by atoms with E-state index in [1.54, 1.807) is 10.8 Å². The Morgan fingerprint density at radius 3 is 1.58 bits per heavy atom. The van der Waals surface area contributed by atoms with E-state index in [0.29, 0.717) is 57.5 Å². The predicted octanol–water partition coefficient (Wildman–Crippen LogP) is 13.7. The molecule has 0 spiro atoms. The summed E-state index contributed by atoms with van der Waals surface area (Å²) in [4.78, 5) is 38.9. The van der Waals surface area contributed by atoms with Crippen LogP contribution in [0, 0.1) is 11.8 Å². The monoisotopic (exact) mass is 983 g/mol. The lowest BCUT2D eigenvalue weighted by atomic mass is 10.0. The number of nitrogens with one attached hydrogen (secondary N) is 1. The quantitative estimate of drug-likeness (QED) is 0.0206. The summed E-state index contributed by atoms with van der Waals surface area (Å²) in [6, 6.07) is 0.